The Morgan fingerprint density at radius 1 is 1.33 bits per heavy atom. The summed E-state index contributed by atoms with van der Waals surface area (Å²) < 4.78 is 5.33. The molecular formula is C10H10Cl3NO. The van der Waals surface area contributed by atoms with Crippen molar-refractivity contribution in [2.45, 2.75) is 13.0 Å². The molecule has 0 saturated carbocycles. The first-order chi connectivity index (χ1) is 6.61. The lowest BCUT2D eigenvalue weighted by molar-refractivity contribution is 0.605. The molecule has 2 rings (SSSR count). The van der Waals surface area contributed by atoms with E-state index >= 15 is 0 Å². The minimum Gasteiger partial charge on any atom is -0.462 e. The van der Waals surface area contributed by atoms with E-state index in [1.165, 1.54) is 0 Å². The summed E-state index contributed by atoms with van der Waals surface area (Å²) >= 11 is 11.8. The molecule has 0 aliphatic heterocycles. The van der Waals surface area contributed by atoms with Gasteiger partial charge in [0.25, 0.3) is 0 Å². The standard InChI is InChI=1S/C10H9Cl2NO.ClH/c1-5(13)7-4-14-10-6(7)2-3-8(11)9(10)12;/h2-5H,13H2,1H3;1H. The summed E-state index contributed by atoms with van der Waals surface area (Å²) in [5.74, 6) is 0. The molecule has 0 amide bonds. The number of halogens is 3. The third-order valence-electron chi connectivity index (χ3n) is 2.16. The van der Waals surface area contributed by atoms with Gasteiger partial charge in [0.15, 0.2) is 5.58 Å². The highest BCUT2D eigenvalue weighted by molar-refractivity contribution is 6.44. The Labute approximate surface area is 104 Å². The van der Waals surface area contributed by atoms with Crippen molar-refractivity contribution in [2.24, 2.45) is 5.73 Å². The molecule has 0 aliphatic rings. The molecule has 2 nitrogen and oxygen atoms in total. The average molecular weight is 267 g/mol. The number of benzene rings is 1. The second-order valence-electron chi connectivity index (χ2n) is 3.22. The Bertz CT molecular complexity index is 479. The fourth-order valence-corrected chi connectivity index (χ4v) is 1.77. The predicted octanol–water partition coefficient (Wildman–Crippen LogP) is 4.18. The van der Waals surface area contributed by atoms with Crippen LogP contribution in [0.1, 0.15) is 18.5 Å². The molecule has 5 heteroatoms. The maximum Gasteiger partial charge on any atom is 0.154 e. The molecule has 0 spiro atoms. The van der Waals surface area contributed by atoms with E-state index in [4.69, 9.17) is 33.4 Å². The van der Waals surface area contributed by atoms with E-state index in [-0.39, 0.29) is 18.4 Å². The van der Waals surface area contributed by atoms with Gasteiger partial charge in [-0.15, -0.1) is 12.4 Å². The summed E-state index contributed by atoms with van der Waals surface area (Å²) in [6, 6.07) is 3.54. The van der Waals surface area contributed by atoms with Gasteiger partial charge in [-0.3, -0.25) is 0 Å². The second kappa shape index (κ2) is 4.62. The van der Waals surface area contributed by atoms with Crippen molar-refractivity contribution in [1.82, 2.24) is 0 Å². The summed E-state index contributed by atoms with van der Waals surface area (Å²) in [7, 11) is 0. The van der Waals surface area contributed by atoms with E-state index < -0.39 is 0 Å². The Balaban J connectivity index is 0.00000112. The van der Waals surface area contributed by atoms with Crippen molar-refractivity contribution in [3.05, 3.63) is 34.0 Å². The zero-order valence-corrected chi connectivity index (χ0v) is 10.3. The summed E-state index contributed by atoms with van der Waals surface area (Å²) in [4.78, 5) is 0. The van der Waals surface area contributed by atoms with Gasteiger partial charge in [0.2, 0.25) is 0 Å². The number of nitrogens with two attached hydrogens (primary N) is 1. The summed E-state index contributed by atoms with van der Waals surface area (Å²) in [5, 5.41) is 1.86. The molecule has 2 aromatic rings. The highest BCUT2D eigenvalue weighted by atomic mass is 35.5. The van der Waals surface area contributed by atoms with Crippen LogP contribution in [0, 0.1) is 0 Å². The Kier molecular flexibility index (Phi) is 3.90. The number of fused-ring (bicyclic) bond motifs is 1. The molecule has 0 bridgehead atoms. The van der Waals surface area contributed by atoms with Crippen molar-refractivity contribution in [3.8, 4) is 0 Å². The fraction of sp³-hybridized carbons (Fsp3) is 0.200. The fourth-order valence-electron chi connectivity index (χ4n) is 1.41. The topological polar surface area (TPSA) is 39.2 Å². The quantitative estimate of drug-likeness (QED) is 0.841. The van der Waals surface area contributed by atoms with Crippen LogP contribution in [-0.2, 0) is 0 Å². The molecule has 2 N–H and O–H groups in total. The van der Waals surface area contributed by atoms with E-state index in [0.717, 1.165) is 10.9 Å². The monoisotopic (exact) mass is 265 g/mol. The minimum absolute atomic E-state index is 0. The second-order valence-corrected chi connectivity index (χ2v) is 4.00. The first-order valence-corrected chi connectivity index (χ1v) is 4.97. The molecule has 1 heterocycles. The normalized spacial score (nSPS) is 12.5. The number of hydrogen-bond donors (Lipinski definition) is 1. The number of furan rings is 1. The van der Waals surface area contributed by atoms with Gasteiger partial charge >= 0.3 is 0 Å². The van der Waals surface area contributed by atoms with E-state index in [9.17, 15) is 0 Å². The van der Waals surface area contributed by atoms with Gasteiger partial charge in [0.05, 0.1) is 11.3 Å². The highest BCUT2D eigenvalue weighted by Crippen LogP contribution is 2.34. The van der Waals surface area contributed by atoms with Crippen LogP contribution in [0.2, 0.25) is 10.0 Å². The first-order valence-electron chi connectivity index (χ1n) is 4.22. The molecule has 0 fully saturated rings. The molecule has 1 unspecified atom stereocenters. The summed E-state index contributed by atoms with van der Waals surface area (Å²) in [5.41, 5.74) is 7.32. The lowest BCUT2D eigenvalue weighted by Crippen LogP contribution is -2.03. The van der Waals surface area contributed by atoms with E-state index in [0.29, 0.717) is 15.6 Å². The van der Waals surface area contributed by atoms with E-state index in [2.05, 4.69) is 0 Å². The van der Waals surface area contributed by atoms with E-state index in [1.807, 2.05) is 13.0 Å². The number of hydrogen-bond acceptors (Lipinski definition) is 2. The van der Waals surface area contributed by atoms with Crippen LogP contribution < -0.4 is 5.73 Å². The van der Waals surface area contributed by atoms with Gasteiger partial charge in [0.1, 0.15) is 5.02 Å². The molecule has 0 aliphatic carbocycles. The number of rotatable bonds is 1. The van der Waals surface area contributed by atoms with Crippen LogP contribution in [0.25, 0.3) is 11.0 Å². The third kappa shape index (κ3) is 2.08. The molecule has 0 radical (unpaired) electrons. The summed E-state index contributed by atoms with van der Waals surface area (Å²) in [6.07, 6.45) is 1.62. The Morgan fingerprint density at radius 2 is 2.00 bits per heavy atom. The predicted molar refractivity (Wildman–Crippen MR) is 66.1 cm³/mol. The van der Waals surface area contributed by atoms with E-state index in [1.54, 1.807) is 12.3 Å². The smallest absolute Gasteiger partial charge is 0.154 e. The molecule has 1 atom stereocenters. The van der Waals surface area contributed by atoms with Crippen molar-refractivity contribution >= 4 is 46.6 Å². The van der Waals surface area contributed by atoms with Crippen LogP contribution in [0.4, 0.5) is 0 Å². The van der Waals surface area contributed by atoms with Crippen LogP contribution in [0.15, 0.2) is 22.8 Å². The van der Waals surface area contributed by atoms with Crippen molar-refractivity contribution in [3.63, 3.8) is 0 Å². The van der Waals surface area contributed by atoms with Gasteiger partial charge < -0.3 is 10.2 Å². The third-order valence-corrected chi connectivity index (χ3v) is 2.94. The first kappa shape index (κ1) is 12.7. The van der Waals surface area contributed by atoms with Gasteiger partial charge in [-0.25, -0.2) is 0 Å². The van der Waals surface area contributed by atoms with Crippen molar-refractivity contribution < 1.29 is 4.42 Å². The van der Waals surface area contributed by atoms with Gasteiger partial charge in [-0.05, 0) is 19.1 Å². The average Bonchev–Trinajstić information content (AvgIpc) is 2.55. The SMILES string of the molecule is CC(N)c1coc2c(Cl)c(Cl)ccc12.Cl. The molecular weight excluding hydrogens is 256 g/mol. The maximum atomic E-state index is 5.98. The van der Waals surface area contributed by atoms with Crippen molar-refractivity contribution in [1.29, 1.82) is 0 Å². The van der Waals surface area contributed by atoms with Gasteiger partial charge in [-0.1, -0.05) is 23.2 Å². The van der Waals surface area contributed by atoms with Crippen LogP contribution >= 0.6 is 35.6 Å². The van der Waals surface area contributed by atoms with Gasteiger partial charge in [-0.2, -0.15) is 0 Å². The van der Waals surface area contributed by atoms with Gasteiger partial charge in [0, 0.05) is 17.0 Å². The van der Waals surface area contributed by atoms with Crippen LogP contribution in [0.3, 0.4) is 0 Å². The van der Waals surface area contributed by atoms with Crippen LogP contribution in [0.5, 0.6) is 0 Å². The molecule has 82 valence electrons. The molecule has 1 aromatic carbocycles. The highest BCUT2D eigenvalue weighted by Gasteiger charge is 2.13. The zero-order chi connectivity index (χ0) is 10.3. The maximum absolute atomic E-state index is 5.98. The Morgan fingerprint density at radius 3 is 2.60 bits per heavy atom. The summed E-state index contributed by atoms with van der Waals surface area (Å²) in [6.45, 7) is 1.90. The van der Waals surface area contributed by atoms with Crippen LogP contribution in [-0.4, -0.2) is 0 Å². The molecule has 15 heavy (non-hydrogen) atoms. The zero-order valence-electron chi connectivity index (χ0n) is 7.96. The molecule has 1 aromatic heterocycles. The lowest BCUT2D eigenvalue weighted by Gasteiger charge is -2.01. The van der Waals surface area contributed by atoms with Crippen molar-refractivity contribution in [2.75, 3.05) is 0 Å². The lowest BCUT2D eigenvalue weighted by atomic mass is 10.1. The largest absolute Gasteiger partial charge is 0.462 e. The Hall–Kier alpha value is -0.410. The molecule has 0 saturated heterocycles. The minimum atomic E-state index is -0.0755.